The van der Waals surface area contributed by atoms with Crippen molar-refractivity contribution in [2.45, 2.75) is 33.0 Å². The van der Waals surface area contributed by atoms with E-state index >= 15 is 0 Å². The molecule has 0 bridgehead atoms. The molecule has 2 aromatic carbocycles. The Balaban J connectivity index is 1.64. The molecule has 5 heteroatoms. The number of benzene rings is 2. The third kappa shape index (κ3) is 4.74. The van der Waals surface area contributed by atoms with Crippen LogP contribution >= 0.6 is 11.6 Å². The van der Waals surface area contributed by atoms with Crippen molar-refractivity contribution in [1.29, 1.82) is 0 Å². The molecule has 1 N–H and O–H groups in total. The van der Waals surface area contributed by atoms with Crippen LogP contribution in [0.2, 0.25) is 5.02 Å². The van der Waals surface area contributed by atoms with Crippen LogP contribution in [0.1, 0.15) is 25.0 Å². The van der Waals surface area contributed by atoms with Crippen molar-refractivity contribution in [3.63, 3.8) is 0 Å². The van der Waals surface area contributed by atoms with Gasteiger partial charge in [-0.25, -0.2) is 0 Å². The highest BCUT2D eigenvalue weighted by molar-refractivity contribution is 6.30. The van der Waals surface area contributed by atoms with Crippen molar-refractivity contribution in [3.05, 3.63) is 58.6 Å². The molecule has 0 aliphatic carbocycles. The molecule has 0 radical (unpaired) electrons. The lowest BCUT2D eigenvalue weighted by Gasteiger charge is -2.24. The van der Waals surface area contributed by atoms with Crippen LogP contribution in [0, 0.1) is 5.92 Å². The average molecular weight is 360 g/mol. The molecule has 0 fully saturated rings. The van der Waals surface area contributed by atoms with Gasteiger partial charge in [0.2, 0.25) is 5.91 Å². The van der Waals surface area contributed by atoms with E-state index in [4.69, 9.17) is 21.1 Å². The first-order valence-electron chi connectivity index (χ1n) is 8.44. The molecule has 3 rings (SSSR count). The summed E-state index contributed by atoms with van der Waals surface area (Å²) in [5.74, 6) is 0.523. The minimum absolute atomic E-state index is 0.0486. The summed E-state index contributed by atoms with van der Waals surface area (Å²) in [4.78, 5) is 12.6. The van der Waals surface area contributed by atoms with Crippen molar-refractivity contribution in [2.75, 3.05) is 11.9 Å². The largest absolute Gasteiger partial charge is 0.492 e. The topological polar surface area (TPSA) is 47.6 Å². The second-order valence-electron chi connectivity index (χ2n) is 6.51. The minimum atomic E-state index is -0.235. The normalized spacial score (nSPS) is 16.2. The first-order valence-corrected chi connectivity index (χ1v) is 8.81. The molecule has 1 unspecified atom stereocenters. The Morgan fingerprint density at radius 3 is 2.96 bits per heavy atom. The van der Waals surface area contributed by atoms with E-state index in [0.717, 1.165) is 22.6 Å². The van der Waals surface area contributed by atoms with Crippen LogP contribution in [0.25, 0.3) is 0 Å². The fourth-order valence-electron chi connectivity index (χ4n) is 2.78. The van der Waals surface area contributed by atoms with Gasteiger partial charge >= 0.3 is 0 Å². The summed E-state index contributed by atoms with van der Waals surface area (Å²) >= 11 is 6.04. The molecule has 1 heterocycles. The highest BCUT2D eigenvalue weighted by Gasteiger charge is 2.26. The zero-order valence-electron chi connectivity index (χ0n) is 14.4. The number of nitrogens with one attached hydrogen (secondary N) is 1. The first kappa shape index (κ1) is 17.8. The molecule has 1 aliphatic heterocycles. The van der Waals surface area contributed by atoms with Crippen molar-refractivity contribution in [1.82, 2.24) is 0 Å². The van der Waals surface area contributed by atoms with Gasteiger partial charge in [-0.05, 0) is 61.7 Å². The molecule has 0 saturated carbocycles. The Bertz CT molecular complexity index is 760. The van der Waals surface area contributed by atoms with E-state index in [1.54, 1.807) is 6.07 Å². The van der Waals surface area contributed by atoms with E-state index < -0.39 is 0 Å². The number of rotatable bonds is 5. The van der Waals surface area contributed by atoms with Gasteiger partial charge in [0, 0.05) is 10.7 Å². The molecule has 25 heavy (non-hydrogen) atoms. The van der Waals surface area contributed by atoms with Gasteiger partial charge < -0.3 is 14.8 Å². The highest BCUT2D eigenvalue weighted by Crippen LogP contribution is 2.30. The van der Waals surface area contributed by atoms with Crippen LogP contribution in [0.5, 0.6) is 5.75 Å². The van der Waals surface area contributed by atoms with Crippen molar-refractivity contribution in [3.8, 4) is 5.75 Å². The summed E-state index contributed by atoms with van der Waals surface area (Å²) in [6.45, 7) is 4.90. The summed E-state index contributed by atoms with van der Waals surface area (Å²) in [5, 5.41) is 3.63. The van der Waals surface area contributed by atoms with Gasteiger partial charge in [0.15, 0.2) is 0 Å². The predicted molar refractivity (Wildman–Crippen MR) is 99.1 cm³/mol. The number of ether oxygens (including phenoxy) is 2. The smallest absolute Gasteiger partial charge is 0.231 e. The third-order valence-corrected chi connectivity index (χ3v) is 4.31. The molecule has 0 aromatic heterocycles. The van der Waals surface area contributed by atoms with Gasteiger partial charge in [0.25, 0.3) is 0 Å². The molecular formula is C20H22ClNO3. The summed E-state index contributed by atoms with van der Waals surface area (Å²) in [6, 6.07) is 13.2. The van der Waals surface area contributed by atoms with E-state index in [2.05, 4.69) is 5.32 Å². The summed E-state index contributed by atoms with van der Waals surface area (Å²) in [6.07, 6.45) is 0.794. The number of amides is 1. The summed E-state index contributed by atoms with van der Waals surface area (Å²) in [7, 11) is 0. The van der Waals surface area contributed by atoms with E-state index in [-0.39, 0.29) is 17.9 Å². The number of halogens is 1. The van der Waals surface area contributed by atoms with Crippen molar-refractivity contribution in [2.24, 2.45) is 5.92 Å². The summed E-state index contributed by atoms with van der Waals surface area (Å²) < 4.78 is 11.3. The summed E-state index contributed by atoms with van der Waals surface area (Å²) in [5.41, 5.74) is 2.77. The minimum Gasteiger partial charge on any atom is -0.492 e. The molecule has 2 aromatic rings. The van der Waals surface area contributed by atoms with Crippen molar-refractivity contribution < 1.29 is 14.3 Å². The molecule has 1 aliphatic rings. The number of hydrogen-bond donors (Lipinski definition) is 1. The van der Waals surface area contributed by atoms with Crippen LogP contribution < -0.4 is 10.1 Å². The molecular weight excluding hydrogens is 338 g/mol. The second-order valence-corrected chi connectivity index (χ2v) is 6.95. The van der Waals surface area contributed by atoms with Gasteiger partial charge in [-0.3, -0.25) is 4.79 Å². The predicted octanol–water partition coefficient (Wildman–Crippen LogP) is 4.45. The van der Waals surface area contributed by atoms with Crippen LogP contribution in [0.15, 0.2) is 42.5 Å². The first-order chi connectivity index (χ1) is 12.0. The van der Waals surface area contributed by atoms with E-state index in [1.165, 1.54) is 0 Å². The zero-order valence-corrected chi connectivity index (χ0v) is 15.2. The standard InChI is InChI=1S/C20H22ClNO3/c1-13(2)24-11-14-4-3-5-18(8-14)22-20(23)16-9-15-10-17(21)6-7-19(15)25-12-16/h3-8,10,13,16H,9,11-12H2,1-2H3,(H,22,23). The Morgan fingerprint density at radius 1 is 1.32 bits per heavy atom. The fourth-order valence-corrected chi connectivity index (χ4v) is 2.97. The Hall–Kier alpha value is -2.04. The molecule has 132 valence electrons. The van der Waals surface area contributed by atoms with Crippen LogP contribution in [0.4, 0.5) is 5.69 Å². The van der Waals surface area contributed by atoms with Crippen LogP contribution in [-0.4, -0.2) is 18.6 Å². The van der Waals surface area contributed by atoms with Gasteiger partial charge in [-0.1, -0.05) is 23.7 Å². The van der Waals surface area contributed by atoms with Gasteiger partial charge in [0.1, 0.15) is 12.4 Å². The Kier molecular flexibility index (Phi) is 5.61. The molecule has 1 atom stereocenters. The molecule has 1 amide bonds. The lowest BCUT2D eigenvalue weighted by Crippen LogP contribution is -2.32. The third-order valence-electron chi connectivity index (χ3n) is 4.08. The van der Waals surface area contributed by atoms with Crippen LogP contribution in [-0.2, 0) is 22.6 Å². The molecule has 0 spiro atoms. The lowest BCUT2D eigenvalue weighted by atomic mass is 9.96. The maximum atomic E-state index is 12.6. The maximum absolute atomic E-state index is 12.6. The van der Waals surface area contributed by atoms with Crippen molar-refractivity contribution >= 4 is 23.2 Å². The molecule has 4 nitrogen and oxygen atoms in total. The van der Waals surface area contributed by atoms with Gasteiger partial charge in [0.05, 0.1) is 18.6 Å². The quantitative estimate of drug-likeness (QED) is 0.857. The average Bonchev–Trinajstić information content (AvgIpc) is 2.59. The number of anilines is 1. The fraction of sp³-hybridized carbons (Fsp3) is 0.350. The zero-order chi connectivity index (χ0) is 17.8. The van der Waals surface area contributed by atoms with E-state index in [1.807, 2.05) is 50.2 Å². The highest BCUT2D eigenvalue weighted by atomic mass is 35.5. The Morgan fingerprint density at radius 2 is 2.16 bits per heavy atom. The SMILES string of the molecule is CC(C)OCc1cccc(NC(=O)C2COc3ccc(Cl)cc3C2)c1. The maximum Gasteiger partial charge on any atom is 0.231 e. The number of carbonyl (C=O) groups is 1. The lowest BCUT2D eigenvalue weighted by molar-refractivity contribution is -0.121. The monoisotopic (exact) mass is 359 g/mol. The Labute approximate surface area is 153 Å². The number of fused-ring (bicyclic) bond motifs is 1. The van der Waals surface area contributed by atoms with E-state index in [9.17, 15) is 4.79 Å². The van der Waals surface area contributed by atoms with E-state index in [0.29, 0.717) is 24.7 Å². The van der Waals surface area contributed by atoms with Gasteiger partial charge in [-0.15, -0.1) is 0 Å². The van der Waals surface area contributed by atoms with Gasteiger partial charge in [-0.2, -0.15) is 0 Å². The number of hydrogen-bond acceptors (Lipinski definition) is 3. The number of carbonyl (C=O) groups excluding carboxylic acids is 1. The molecule has 0 saturated heterocycles. The van der Waals surface area contributed by atoms with Crippen LogP contribution in [0.3, 0.4) is 0 Å². The second kappa shape index (κ2) is 7.89.